The molecule has 0 aromatic rings. The zero-order valence-electron chi connectivity index (χ0n) is 18.7. The summed E-state index contributed by atoms with van der Waals surface area (Å²) in [6.45, 7) is 18.2. The Morgan fingerprint density at radius 3 is 1.85 bits per heavy atom. The molecule has 7 heteroatoms. The lowest BCUT2D eigenvalue weighted by atomic mass is 9.78. The van der Waals surface area contributed by atoms with Gasteiger partial charge in [-0.15, -0.1) is 0 Å². The van der Waals surface area contributed by atoms with Gasteiger partial charge in [-0.25, -0.2) is 9.59 Å². The Hall–Kier alpha value is -1.50. The van der Waals surface area contributed by atoms with Gasteiger partial charge >= 0.3 is 12.2 Å². The third-order valence-electron chi connectivity index (χ3n) is 4.04. The summed E-state index contributed by atoms with van der Waals surface area (Å²) < 4.78 is 10.6. The molecule has 0 fully saturated rings. The molecule has 0 aliphatic rings. The van der Waals surface area contributed by atoms with Gasteiger partial charge in [0.05, 0.1) is 0 Å². The SMILES string of the molecule is C[C@@H](NC(=O)OC(C)(C)C)[C@@H](CN)CC(C)(C)CCNC(=O)OC(C)(C)C. The molecule has 0 saturated carbocycles. The monoisotopic (exact) mass is 387 g/mol. The molecule has 0 radical (unpaired) electrons. The number of carbonyl (C=O) groups is 2. The minimum Gasteiger partial charge on any atom is -0.444 e. The molecule has 0 spiro atoms. The first kappa shape index (κ1) is 25.5. The van der Waals surface area contributed by atoms with Crippen molar-refractivity contribution in [3.05, 3.63) is 0 Å². The van der Waals surface area contributed by atoms with E-state index in [0.717, 1.165) is 12.8 Å². The Bertz CT molecular complexity index is 479. The summed E-state index contributed by atoms with van der Waals surface area (Å²) in [5.41, 5.74) is 4.86. The van der Waals surface area contributed by atoms with Crippen LogP contribution in [0.4, 0.5) is 9.59 Å². The molecule has 4 N–H and O–H groups in total. The molecule has 0 unspecified atom stereocenters. The summed E-state index contributed by atoms with van der Waals surface area (Å²) in [7, 11) is 0. The Morgan fingerprint density at radius 2 is 1.41 bits per heavy atom. The second-order valence-corrected chi connectivity index (χ2v) is 9.98. The summed E-state index contributed by atoms with van der Waals surface area (Å²) in [5.74, 6) is 0.106. The van der Waals surface area contributed by atoms with Crippen LogP contribution in [0.5, 0.6) is 0 Å². The van der Waals surface area contributed by atoms with Crippen molar-refractivity contribution in [1.82, 2.24) is 10.6 Å². The molecule has 0 bridgehead atoms. The first-order valence-corrected chi connectivity index (χ1v) is 9.71. The van der Waals surface area contributed by atoms with E-state index in [1.807, 2.05) is 48.5 Å². The van der Waals surface area contributed by atoms with Crippen molar-refractivity contribution in [1.29, 1.82) is 0 Å². The zero-order valence-corrected chi connectivity index (χ0v) is 18.7. The van der Waals surface area contributed by atoms with Gasteiger partial charge in [0, 0.05) is 12.6 Å². The van der Waals surface area contributed by atoms with Crippen molar-refractivity contribution < 1.29 is 19.1 Å². The minimum absolute atomic E-state index is 0.0527. The molecule has 2 atom stereocenters. The van der Waals surface area contributed by atoms with Gasteiger partial charge in [-0.05, 0) is 79.2 Å². The maximum Gasteiger partial charge on any atom is 0.407 e. The van der Waals surface area contributed by atoms with Crippen LogP contribution in [0.1, 0.15) is 75.2 Å². The van der Waals surface area contributed by atoms with E-state index in [9.17, 15) is 9.59 Å². The normalized spacial score (nSPS) is 14.9. The number of carbonyl (C=O) groups excluding carboxylic acids is 2. The number of amides is 2. The van der Waals surface area contributed by atoms with Gasteiger partial charge in [0.1, 0.15) is 11.2 Å². The predicted octanol–water partition coefficient (Wildman–Crippen LogP) is 3.81. The lowest BCUT2D eigenvalue weighted by molar-refractivity contribution is 0.0472. The van der Waals surface area contributed by atoms with Crippen molar-refractivity contribution in [2.24, 2.45) is 17.1 Å². The fourth-order valence-electron chi connectivity index (χ4n) is 2.70. The number of nitrogens with one attached hydrogen (secondary N) is 2. The van der Waals surface area contributed by atoms with E-state index < -0.39 is 23.4 Å². The Morgan fingerprint density at radius 1 is 0.926 bits per heavy atom. The molecule has 2 amide bonds. The Labute approximate surface area is 165 Å². The summed E-state index contributed by atoms with van der Waals surface area (Å²) in [4.78, 5) is 23.7. The van der Waals surface area contributed by atoms with Crippen LogP contribution in [0.2, 0.25) is 0 Å². The molecule has 7 nitrogen and oxygen atoms in total. The highest BCUT2D eigenvalue weighted by molar-refractivity contribution is 5.68. The second kappa shape index (κ2) is 10.2. The number of nitrogens with two attached hydrogens (primary N) is 1. The van der Waals surface area contributed by atoms with Gasteiger partial charge < -0.3 is 25.8 Å². The maximum atomic E-state index is 12.0. The topological polar surface area (TPSA) is 103 Å². The molecule has 0 aromatic heterocycles. The standard InChI is InChI=1S/C20H41N3O4/c1-14(23-17(25)27-19(5,6)7)15(13-21)12-20(8,9)10-11-22-16(24)26-18(2,3)4/h14-15H,10-13,21H2,1-9H3,(H,22,24)(H,23,25)/t14-,15-/m1/s1. The zero-order chi connectivity index (χ0) is 21.5. The van der Waals surface area contributed by atoms with E-state index in [0.29, 0.717) is 13.1 Å². The lowest BCUT2D eigenvalue weighted by Crippen LogP contribution is -2.45. The van der Waals surface area contributed by atoms with Crippen molar-refractivity contribution in [2.75, 3.05) is 13.1 Å². The number of hydrogen-bond donors (Lipinski definition) is 3. The highest BCUT2D eigenvalue weighted by Gasteiger charge is 2.28. The molecular weight excluding hydrogens is 346 g/mol. The van der Waals surface area contributed by atoms with E-state index in [1.54, 1.807) is 0 Å². The molecule has 27 heavy (non-hydrogen) atoms. The number of hydrogen-bond acceptors (Lipinski definition) is 5. The van der Waals surface area contributed by atoms with Crippen molar-refractivity contribution in [3.8, 4) is 0 Å². The average molecular weight is 388 g/mol. The second-order valence-electron chi connectivity index (χ2n) is 9.98. The van der Waals surface area contributed by atoms with Gasteiger partial charge in [0.25, 0.3) is 0 Å². The van der Waals surface area contributed by atoms with Crippen LogP contribution in [0.25, 0.3) is 0 Å². The first-order chi connectivity index (χ1) is 12.0. The fraction of sp³-hybridized carbons (Fsp3) is 0.900. The summed E-state index contributed by atoms with van der Waals surface area (Å²) in [6.07, 6.45) is 0.754. The molecule has 0 heterocycles. The van der Waals surface area contributed by atoms with Crippen LogP contribution < -0.4 is 16.4 Å². The molecule has 0 aliphatic carbocycles. The highest BCUT2D eigenvalue weighted by Crippen LogP contribution is 2.30. The van der Waals surface area contributed by atoms with Gasteiger partial charge in [-0.3, -0.25) is 0 Å². The highest BCUT2D eigenvalue weighted by atomic mass is 16.6. The van der Waals surface area contributed by atoms with E-state index in [2.05, 4.69) is 24.5 Å². The summed E-state index contributed by atoms with van der Waals surface area (Å²) >= 11 is 0. The lowest BCUT2D eigenvalue weighted by Gasteiger charge is -2.33. The Balaban J connectivity index is 4.52. The van der Waals surface area contributed by atoms with Gasteiger partial charge in [0.2, 0.25) is 0 Å². The van der Waals surface area contributed by atoms with Gasteiger partial charge in [-0.2, -0.15) is 0 Å². The molecule has 0 saturated heterocycles. The molecule has 0 rings (SSSR count). The van der Waals surface area contributed by atoms with Crippen molar-refractivity contribution in [2.45, 2.75) is 92.4 Å². The summed E-state index contributed by atoms with van der Waals surface area (Å²) in [6, 6.07) is -0.108. The van der Waals surface area contributed by atoms with Crippen LogP contribution in [0.15, 0.2) is 0 Å². The van der Waals surface area contributed by atoms with E-state index >= 15 is 0 Å². The van der Waals surface area contributed by atoms with Crippen LogP contribution in [0, 0.1) is 11.3 Å². The van der Waals surface area contributed by atoms with Gasteiger partial charge in [-0.1, -0.05) is 13.8 Å². The van der Waals surface area contributed by atoms with E-state index in [4.69, 9.17) is 15.2 Å². The fourth-order valence-corrected chi connectivity index (χ4v) is 2.70. The average Bonchev–Trinajstić information content (AvgIpc) is 2.40. The third-order valence-corrected chi connectivity index (χ3v) is 4.04. The Kier molecular flexibility index (Phi) is 9.59. The molecule has 0 aromatic carbocycles. The van der Waals surface area contributed by atoms with Crippen molar-refractivity contribution in [3.63, 3.8) is 0 Å². The predicted molar refractivity (Wildman–Crippen MR) is 109 cm³/mol. The van der Waals surface area contributed by atoms with E-state index in [1.165, 1.54) is 0 Å². The quantitative estimate of drug-likeness (QED) is 0.588. The van der Waals surface area contributed by atoms with E-state index in [-0.39, 0.29) is 17.4 Å². The van der Waals surface area contributed by atoms with Crippen LogP contribution in [0.3, 0.4) is 0 Å². The molecule has 160 valence electrons. The smallest absolute Gasteiger partial charge is 0.407 e. The largest absolute Gasteiger partial charge is 0.444 e. The summed E-state index contributed by atoms with van der Waals surface area (Å²) in [5, 5.41) is 5.67. The number of alkyl carbamates (subject to hydrolysis) is 2. The molecular formula is C20H41N3O4. The number of rotatable bonds is 8. The number of ether oxygens (including phenoxy) is 2. The molecule has 0 aliphatic heterocycles. The maximum absolute atomic E-state index is 12.0. The van der Waals surface area contributed by atoms with Crippen LogP contribution in [-0.2, 0) is 9.47 Å². The first-order valence-electron chi connectivity index (χ1n) is 9.71. The van der Waals surface area contributed by atoms with Crippen molar-refractivity contribution >= 4 is 12.2 Å². The van der Waals surface area contributed by atoms with Crippen LogP contribution >= 0.6 is 0 Å². The van der Waals surface area contributed by atoms with Crippen LogP contribution in [-0.4, -0.2) is 42.5 Å². The third kappa shape index (κ3) is 13.3. The van der Waals surface area contributed by atoms with Gasteiger partial charge in [0.15, 0.2) is 0 Å². The minimum atomic E-state index is -0.533.